The van der Waals surface area contributed by atoms with Crippen molar-refractivity contribution in [1.29, 1.82) is 0 Å². The first kappa shape index (κ1) is 15.6. The molecule has 0 bridgehead atoms. The summed E-state index contributed by atoms with van der Waals surface area (Å²) >= 11 is 1.74. The van der Waals surface area contributed by atoms with Crippen LogP contribution >= 0.6 is 11.8 Å². The van der Waals surface area contributed by atoms with Crippen molar-refractivity contribution < 1.29 is 4.39 Å². The molecule has 1 N–H and O–H groups in total. The molecule has 0 aromatic heterocycles. The van der Waals surface area contributed by atoms with Gasteiger partial charge < -0.3 is 5.32 Å². The average molecular weight is 301 g/mol. The van der Waals surface area contributed by atoms with Crippen LogP contribution in [0.5, 0.6) is 0 Å². The van der Waals surface area contributed by atoms with Gasteiger partial charge in [0.2, 0.25) is 0 Å². The summed E-state index contributed by atoms with van der Waals surface area (Å²) in [6, 6.07) is 13.6. The monoisotopic (exact) mass is 301 g/mol. The van der Waals surface area contributed by atoms with Crippen LogP contribution in [-0.2, 0) is 0 Å². The highest BCUT2D eigenvalue weighted by Crippen LogP contribution is 2.30. The van der Waals surface area contributed by atoms with Gasteiger partial charge in [-0.15, -0.1) is 18.3 Å². The van der Waals surface area contributed by atoms with Crippen LogP contribution in [0.25, 0.3) is 0 Å². The lowest BCUT2D eigenvalue weighted by atomic mass is 10.1. The van der Waals surface area contributed by atoms with E-state index in [0.717, 1.165) is 17.0 Å². The Morgan fingerprint density at radius 1 is 1.29 bits per heavy atom. The number of hydrogen-bond acceptors (Lipinski definition) is 2. The van der Waals surface area contributed by atoms with Crippen LogP contribution < -0.4 is 5.32 Å². The third kappa shape index (κ3) is 4.11. The molecular weight excluding hydrogens is 281 g/mol. The van der Waals surface area contributed by atoms with Crippen molar-refractivity contribution in [2.24, 2.45) is 0 Å². The van der Waals surface area contributed by atoms with Gasteiger partial charge in [-0.05, 0) is 43.2 Å². The Morgan fingerprint density at radius 2 is 2.05 bits per heavy atom. The standard InChI is InChI=1S/C18H20FNS/c1-4-11-21-18-8-6-5-7-17(18)20-14(3)15-10-9-13(2)16(19)12-15/h4-10,12,14,20H,1,11H2,2-3H3. The number of anilines is 1. The van der Waals surface area contributed by atoms with E-state index in [-0.39, 0.29) is 11.9 Å². The van der Waals surface area contributed by atoms with Crippen LogP contribution in [-0.4, -0.2) is 5.75 Å². The quantitative estimate of drug-likeness (QED) is 0.551. The van der Waals surface area contributed by atoms with E-state index in [1.807, 2.05) is 43.3 Å². The van der Waals surface area contributed by atoms with Crippen LogP contribution in [0, 0.1) is 12.7 Å². The molecule has 0 aliphatic rings. The molecule has 0 aliphatic heterocycles. The first-order valence-electron chi connectivity index (χ1n) is 6.97. The number of benzene rings is 2. The molecule has 110 valence electrons. The minimum Gasteiger partial charge on any atom is -0.378 e. The van der Waals surface area contributed by atoms with Crippen LogP contribution in [0.3, 0.4) is 0 Å². The summed E-state index contributed by atoms with van der Waals surface area (Å²) in [5.41, 5.74) is 2.69. The molecule has 0 aliphatic carbocycles. The van der Waals surface area contributed by atoms with E-state index in [9.17, 15) is 4.39 Å². The number of halogens is 1. The van der Waals surface area contributed by atoms with Crippen molar-refractivity contribution in [3.05, 3.63) is 72.1 Å². The van der Waals surface area contributed by atoms with E-state index in [4.69, 9.17) is 0 Å². The Morgan fingerprint density at radius 3 is 2.76 bits per heavy atom. The predicted molar refractivity (Wildman–Crippen MR) is 90.5 cm³/mol. The van der Waals surface area contributed by atoms with Gasteiger partial charge in [0.1, 0.15) is 5.82 Å². The van der Waals surface area contributed by atoms with Gasteiger partial charge in [0.05, 0.1) is 0 Å². The summed E-state index contributed by atoms with van der Waals surface area (Å²) < 4.78 is 13.7. The van der Waals surface area contributed by atoms with Crippen molar-refractivity contribution in [3.8, 4) is 0 Å². The van der Waals surface area contributed by atoms with E-state index in [1.54, 1.807) is 24.8 Å². The van der Waals surface area contributed by atoms with E-state index < -0.39 is 0 Å². The fourth-order valence-electron chi connectivity index (χ4n) is 2.06. The highest BCUT2D eigenvalue weighted by atomic mass is 32.2. The van der Waals surface area contributed by atoms with E-state index in [1.165, 1.54) is 4.90 Å². The van der Waals surface area contributed by atoms with Crippen LogP contribution in [0.2, 0.25) is 0 Å². The summed E-state index contributed by atoms with van der Waals surface area (Å²) in [6.45, 7) is 7.57. The van der Waals surface area contributed by atoms with Gasteiger partial charge in [-0.2, -0.15) is 0 Å². The molecule has 3 heteroatoms. The van der Waals surface area contributed by atoms with Gasteiger partial charge in [0.15, 0.2) is 0 Å². The topological polar surface area (TPSA) is 12.0 Å². The van der Waals surface area contributed by atoms with E-state index >= 15 is 0 Å². The Labute approximate surface area is 130 Å². The van der Waals surface area contributed by atoms with Gasteiger partial charge in [0, 0.05) is 22.4 Å². The number of aryl methyl sites for hydroxylation is 1. The maximum Gasteiger partial charge on any atom is 0.126 e. The molecule has 21 heavy (non-hydrogen) atoms. The predicted octanol–water partition coefficient (Wildman–Crippen LogP) is 5.59. The normalized spacial score (nSPS) is 12.0. The molecule has 1 unspecified atom stereocenters. The lowest BCUT2D eigenvalue weighted by molar-refractivity contribution is 0.614. The van der Waals surface area contributed by atoms with Crippen LogP contribution in [0.4, 0.5) is 10.1 Å². The molecule has 0 fully saturated rings. The first-order valence-corrected chi connectivity index (χ1v) is 7.95. The van der Waals surface area contributed by atoms with Crippen LogP contribution in [0.1, 0.15) is 24.1 Å². The Hall–Kier alpha value is -1.74. The Bertz CT molecular complexity index is 624. The largest absolute Gasteiger partial charge is 0.378 e. The average Bonchev–Trinajstić information content (AvgIpc) is 2.49. The Balaban J connectivity index is 2.16. The number of rotatable bonds is 6. The summed E-state index contributed by atoms with van der Waals surface area (Å²) in [5, 5.41) is 3.46. The first-order chi connectivity index (χ1) is 10.1. The summed E-state index contributed by atoms with van der Waals surface area (Å²) in [7, 11) is 0. The third-order valence-electron chi connectivity index (χ3n) is 3.31. The fraction of sp³-hybridized carbons (Fsp3) is 0.222. The number of hydrogen-bond donors (Lipinski definition) is 1. The van der Waals surface area contributed by atoms with Crippen molar-refractivity contribution in [2.75, 3.05) is 11.1 Å². The minimum absolute atomic E-state index is 0.0468. The van der Waals surface area contributed by atoms with Gasteiger partial charge in [0.25, 0.3) is 0 Å². The van der Waals surface area contributed by atoms with E-state index in [0.29, 0.717) is 5.56 Å². The maximum atomic E-state index is 13.7. The highest BCUT2D eigenvalue weighted by Gasteiger charge is 2.10. The molecule has 2 aromatic carbocycles. The molecule has 0 amide bonds. The SMILES string of the molecule is C=CCSc1ccccc1NC(C)c1ccc(C)c(F)c1. The van der Waals surface area contributed by atoms with Gasteiger partial charge in [-0.3, -0.25) is 0 Å². The van der Waals surface area contributed by atoms with Gasteiger partial charge in [-0.1, -0.05) is 30.3 Å². The molecule has 0 heterocycles. The summed E-state index contributed by atoms with van der Waals surface area (Å²) in [4.78, 5) is 1.18. The van der Waals surface area contributed by atoms with Crippen molar-refractivity contribution >= 4 is 17.4 Å². The smallest absolute Gasteiger partial charge is 0.126 e. The highest BCUT2D eigenvalue weighted by molar-refractivity contribution is 7.99. The maximum absolute atomic E-state index is 13.7. The zero-order valence-electron chi connectivity index (χ0n) is 12.4. The molecule has 0 spiro atoms. The second kappa shape index (κ2) is 7.32. The van der Waals surface area contributed by atoms with Crippen molar-refractivity contribution in [1.82, 2.24) is 0 Å². The second-order valence-corrected chi connectivity index (χ2v) is 6.03. The van der Waals surface area contributed by atoms with Crippen molar-refractivity contribution in [2.45, 2.75) is 24.8 Å². The number of nitrogens with one attached hydrogen (secondary N) is 1. The molecule has 2 aromatic rings. The van der Waals surface area contributed by atoms with Crippen LogP contribution in [0.15, 0.2) is 60.0 Å². The van der Waals surface area contributed by atoms with Gasteiger partial charge in [-0.25, -0.2) is 4.39 Å². The van der Waals surface area contributed by atoms with Crippen molar-refractivity contribution in [3.63, 3.8) is 0 Å². The number of thioether (sulfide) groups is 1. The number of para-hydroxylation sites is 1. The molecule has 1 atom stereocenters. The van der Waals surface area contributed by atoms with Gasteiger partial charge >= 0.3 is 0 Å². The molecule has 1 nitrogen and oxygen atoms in total. The lowest BCUT2D eigenvalue weighted by Gasteiger charge is -2.18. The summed E-state index contributed by atoms with van der Waals surface area (Å²) in [5.74, 6) is 0.710. The molecule has 0 saturated carbocycles. The lowest BCUT2D eigenvalue weighted by Crippen LogP contribution is -2.08. The second-order valence-electron chi connectivity index (χ2n) is 4.97. The third-order valence-corrected chi connectivity index (χ3v) is 4.38. The molecule has 2 rings (SSSR count). The molecule has 0 saturated heterocycles. The minimum atomic E-state index is -0.157. The molecular formula is C18H20FNS. The fourth-order valence-corrected chi connectivity index (χ4v) is 2.81. The van der Waals surface area contributed by atoms with E-state index in [2.05, 4.69) is 18.0 Å². The summed E-state index contributed by atoms with van der Waals surface area (Å²) in [6.07, 6.45) is 1.89. The Kier molecular flexibility index (Phi) is 5.45. The zero-order chi connectivity index (χ0) is 15.2. The zero-order valence-corrected chi connectivity index (χ0v) is 13.2. The molecule has 0 radical (unpaired) electrons.